The third-order valence-corrected chi connectivity index (χ3v) is 4.11. The minimum atomic E-state index is -0.912. The molecule has 4 heteroatoms. The highest BCUT2D eigenvalue weighted by molar-refractivity contribution is 6.31. The Kier molecular flexibility index (Phi) is 3.97. The van der Waals surface area contributed by atoms with E-state index in [9.17, 15) is 5.11 Å². The van der Waals surface area contributed by atoms with Crippen LogP contribution in [0.5, 0.6) is 0 Å². The van der Waals surface area contributed by atoms with E-state index in [1.165, 1.54) is 0 Å². The molecule has 0 saturated carbocycles. The second-order valence-electron chi connectivity index (χ2n) is 4.90. The van der Waals surface area contributed by atoms with E-state index in [-0.39, 0.29) is 0 Å². The summed E-state index contributed by atoms with van der Waals surface area (Å²) >= 11 is 6.27. The first-order chi connectivity index (χ1) is 8.98. The molecular weight excluding hydrogens is 260 g/mol. The van der Waals surface area contributed by atoms with Gasteiger partial charge in [-0.3, -0.25) is 4.68 Å². The van der Waals surface area contributed by atoms with Gasteiger partial charge in [-0.1, -0.05) is 48.9 Å². The Balaban J connectivity index is 2.39. The highest BCUT2D eigenvalue weighted by Crippen LogP contribution is 2.32. The van der Waals surface area contributed by atoms with E-state index in [0.717, 1.165) is 17.0 Å². The molecule has 1 aromatic carbocycles. The van der Waals surface area contributed by atoms with Gasteiger partial charge in [-0.15, -0.1) is 0 Å². The molecular formula is C15H19ClN2O. The number of benzene rings is 1. The molecule has 0 bridgehead atoms. The Morgan fingerprint density at radius 1 is 1.32 bits per heavy atom. The molecule has 1 heterocycles. The van der Waals surface area contributed by atoms with Crippen LogP contribution < -0.4 is 0 Å². The lowest BCUT2D eigenvalue weighted by Crippen LogP contribution is -2.28. The van der Waals surface area contributed by atoms with Gasteiger partial charge in [0.1, 0.15) is 0 Å². The number of aryl methyl sites for hydroxylation is 2. The number of aromatic nitrogens is 2. The van der Waals surface area contributed by atoms with Crippen LogP contribution in [-0.4, -0.2) is 14.9 Å². The minimum absolute atomic E-state index is 0.462. The molecule has 0 aliphatic rings. The molecule has 2 aromatic rings. The van der Waals surface area contributed by atoms with Crippen molar-refractivity contribution in [1.82, 2.24) is 9.78 Å². The van der Waals surface area contributed by atoms with E-state index < -0.39 is 5.60 Å². The first kappa shape index (κ1) is 14.1. The molecule has 3 nitrogen and oxygen atoms in total. The van der Waals surface area contributed by atoms with Crippen molar-refractivity contribution in [2.45, 2.75) is 32.3 Å². The maximum Gasteiger partial charge on any atom is 0.0949 e. The minimum Gasteiger partial charge on any atom is -0.385 e. The number of rotatable bonds is 4. The van der Waals surface area contributed by atoms with Crippen molar-refractivity contribution in [1.29, 1.82) is 0 Å². The van der Waals surface area contributed by atoms with Crippen LogP contribution >= 0.6 is 11.6 Å². The zero-order valence-corrected chi connectivity index (χ0v) is 12.3. The predicted octanol–water partition coefficient (Wildman–Crippen LogP) is 3.22. The third kappa shape index (κ3) is 2.67. The van der Waals surface area contributed by atoms with Gasteiger partial charge in [0, 0.05) is 13.5 Å². The predicted molar refractivity (Wildman–Crippen MR) is 77.3 cm³/mol. The molecule has 1 atom stereocenters. The summed E-state index contributed by atoms with van der Waals surface area (Å²) in [5, 5.41) is 15.8. The van der Waals surface area contributed by atoms with E-state index in [1.807, 2.05) is 51.2 Å². The summed E-state index contributed by atoms with van der Waals surface area (Å²) in [6.07, 6.45) is 1.08. The normalized spacial score (nSPS) is 14.4. The van der Waals surface area contributed by atoms with Crippen LogP contribution in [0.2, 0.25) is 5.02 Å². The Hall–Kier alpha value is -1.32. The topological polar surface area (TPSA) is 38.1 Å². The molecule has 102 valence electrons. The third-order valence-electron chi connectivity index (χ3n) is 3.62. The molecule has 0 fully saturated rings. The van der Waals surface area contributed by atoms with Crippen molar-refractivity contribution in [2.75, 3.05) is 0 Å². The van der Waals surface area contributed by atoms with Crippen molar-refractivity contribution in [2.24, 2.45) is 7.05 Å². The molecule has 1 aromatic heterocycles. The average molecular weight is 279 g/mol. The highest BCUT2D eigenvalue weighted by Gasteiger charge is 2.30. The Morgan fingerprint density at radius 3 is 2.42 bits per heavy atom. The molecule has 2 rings (SSSR count). The summed E-state index contributed by atoms with van der Waals surface area (Å²) in [5.41, 5.74) is 1.66. The van der Waals surface area contributed by atoms with Gasteiger partial charge in [0.25, 0.3) is 0 Å². The summed E-state index contributed by atoms with van der Waals surface area (Å²) in [7, 11) is 1.86. The summed E-state index contributed by atoms with van der Waals surface area (Å²) in [5.74, 6) is 0. The molecule has 19 heavy (non-hydrogen) atoms. The molecule has 1 N–H and O–H groups in total. The second-order valence-corrected chi connectivity index (χ2v) is 5.28. The van der Waals surface area contributed by atoms with Gasteiger partial charge in [-0.05, 0) is 18.9 Å². The van der Waals surface area contributed by atoms with Gasteiger partial charge in [-0.2, -0.15) is 5.10 Å². The standard InChI is InChI=1S/C15H19ClN2O/c1-4-15(19,12-8-6-5-7-9-12)10-13-14(16)11(2)17-18(13)3/h5-9,19H,4,10H2,1-3H3. The maximum atomic E-state index is 10.9. The summed E-state index contributed by atoms with van der Waals surface area (Å²) in [4.78, 5) is 0. The fourth-order valence-electron chi connectivity index (χ4n) is 2.33. The number of nitrogens with zero attached hydrogens (tertiary/aromatic N) is 2. The monoisotopic (exact) mass is 278 g/mol. The molecule has 0 radical (unpaired) electrons. The van der Waals surface area contributed by atoms with Crippen LogP contribution in [0.4, 0.5) is 0 Å². The van der Waals surface area contributed by atoms with Gasteiger partial charge >= 0.3 is 0 Å². The van der Waals surface area contributed by atoms with Gasteiger partial charge in [0.15, 0.2) is 0 Å². The largest absolute Gasteiger partial charge is 0.385 e. The number of hydrogen-bond acceptors (Lipinski definition) is 2. The van der Waals surface area contributed by atoms with Crippen molar-refractivity contribution < 1.29 is 5.11 Å². The molecule has 0 aliphatic carbocycles. The van der Waals surface area contributed by atoms with E-state index in [2.05, 4.69) is 5.10 Å². The van der Waals surface area contributed by atoms with Crippen molar-refractivity contribution >= 4 is 11.6 Å². The Bertz CT molecular complexity index is 565. The number of aliphatic hydroxyl groups is 1. The van der Waals surface area contributed by atoms with Crippen molar-refractivity contribution in [3.63, 3.8) is 0 Å². The van der Waals surface area contributed by atoms with Crippen molar-refractivity contribution in [3.05, 3.63) is 52.3 Å². The number of halogens is 1. The second kappa shape index (κ2) is 5.35. The molecule has 1 unspecified atom stereocenters. The lowest BCUT2D eigenvalue weighted by molar-refractivity contribution is 0.0309. The summed E-state index contributed by atoms with van der Waals surface area (Å²) in [6.45, 7) is 3.85. The van der Waals surface area contributed by atoms with Crippen LogP contribution in [-0.2, 0) is 19.1 Å². The van der Waals surface area contributed by atoms with Crippen LogP contribution in [0.25, 0.3) is 0 Å². The first-order valence-electron chi connectivity index (χ1n) is 6.44. The SMILES string of the molecule is CCC(O)(Cc1c(Cl)c(C)nn1C)c1ccccc1. The number of hydrogen-bond donors (Lipinski definition) is 1. The lowest BCUT2D eigenvalue weighted by atomic mass is 9.86. The lowest BCUT2D eigenvalue weighted by Gasteiger charge is -2.27. The highest BCUT2D eigenvalue weighted by atomic mass is 35.5. The molecule has 0 aliphatic heterocycles. The van der Waals surface area contributed by atoms with E-state index >= 15 is 0 Å². The van der Waals surface area contributed by atoms with E-state index in [1.54, 1.807) is 4.68 Å². The van der Waals surface area contributed by atoms with Crippen LogP contribution in [0.15, 0.2) is 30.3 Å². The van der Waals surface area contributed by atoms with Gasteiger partial charge < -0.3 is 5.11 Å². The molecule has 0 amide bonds. The van der Waals surface area contributed by atoms with E-state index in [4.69, 9.17) is 11.6 Å². The van der Waals surface area contributed by atoms with Gasteiger partial charge in [0.05, 0.1) is 22.0 Å². The Morgan fingerprint density at radius 2 is 1.95 bits per heavy atom. The zero-order valence-electron chi connectivity index (χ0n) is 11.5. The van der Waals surface area contributed by atoms with Crippen LogP contribution in [0, 0.1) is 6.92 Å². The maximum absolute atomic E-state index is 10.9. The molecule has 0 saturated heterocycles. The fourth-order valence-corrected chi connectivity index (χ4v) is 2.56. The fraction of sp³-hybridized carbons (Fsp3) is 0.400. The average Bonchev–Trinajstić information content (AvgIpc) is 2.66. The van der Waals surface area contributed by atoms with Crippen molar-refractivity contribution in [3.8, 4) is 0 Å². The van der Waals surface area contributed by atoms with Crippen LogP contribution in [0.3, 0.4) is 0 Å². The van der Waals surface area contributed by atoms with Gasteiger partial charge in [-0.25, -0.2) is 0 Å². The van der Waals surface area contributed by atoms with Crippen LogP contribution in [0.1, 0.15) is 30.3 Å². The smallest absolute Gasteiger partial charge is 0.0949 e. The first-order valence-corrected chi connectivity index (χ1v) is 6.81. The zero-order chi connectivity index (χ0) is 14.0. The van der Waals surface area contributed by atoms with E-state index in [0.29, 0.717) is 17.9 Å². The summed E-state index contributed by atoms with van der Waals surface area (Å²) < 4.78 is 1.75. The van der Waals surface area contributed by atoms with Gasteiger partial charge in [0.2, 0.25) is 0 Å². The molecule has 0 spiro atoms. The quantitative estimate of drug-likeness (QED) is 0.932. The summed E-state index contributed by atoms with van der Waals surface area (Å²) in [6, 6.07) is 9.71. The Labute approximate surface area is 118 Å².